The van der Waals surface area contributed by atoms with Crippen LogP contribution in [0.25, 0.3) is 0 Å². The van der Waals surface area contributed by atoms with E-state index in [9.17, 15) is 0 Å². The molecule has 2 aliphatic rings. The third-order valence-corrected chi connectivity index (χ3v) is 4.79. The molecule has 2 aromatic rings. The molecule has 0 saturated carbocycles. The Balaban J connectivity index is 1.35. The van der Waals surface area contributed by atoms with Gasteiger partial charge in [0.05, 0.1) is 11.7 Å². The molecule has 4 rings (SSSR count). The topological polar surface area (TPSA) is 56.1 Å². The summed E-state index contributed by atoms with van der Waals surface area (Å²) in [6.07, 6.45) is 1.11. The number of aryl methyl sites for hydroxylation is 4. The van der Waals surface area contributed by atoms with Crippen LogP contribution in [0.5, 0.6) is 5.88 Å². The first-order chi connectivity index (χ1) is 11.0. The number of fused-ring (bicyclic) bond motifs is 1. The lowest BCUT2D eigenvalue weighted by Gasteiger charge is -2.40. The largest absolute Gasteiger partial charge is 0.472 e. The fraction of sp³-hybridized carbons (Fsp3) is 0.588. The van der Waals surface area contributed by atoms with Gasteiger partial charge in [0.25, 0.3) is 0 Å². The quantitative estimate of drug-likeness (QED) is 0.864. The minimum Gasteiger partial charge on any atom is -0.472 e. The molecule has 4 heterocycles. The van der Waals surface area contributed by atoms with Crippen molar-refractivity contribution in [3.63, 3.8) is 0 Å². The smallest absolute Gasteiger partial charge is 0.220 e. The highest BCUT2D eigenvalue weighted by Gasteiger charge is 2.34. The van der Waals surface area contributed by atoms with E-state index in [0.29, 0.717) is 6.04 Å². The molecule has 1 saturated heterocycles. The van der Waals surface area contributed by atoms with E-state index >= 15 is 0 Å². The van der Waals surface area contributed by atoms with Gasteiger partial charge < -0.3 is 4.74 Å². The summed E-state index contributed by atoms with van der Waals surface area (Å²) >= 11 is 0. The van der Waals surface area contributed by atoms with Gasteiger partial charge in [-0.05, 0) is 33.8 Å². The van der Waals surface area contributed by atoms with E-state index in [-0.39, 0.29) is 6.10 Å². The second kappa shape index (κ2) is 5.30. The molecule has 0 unspecified atom stereocenters. The first-order valence-corrected chi connectivity index (χ1v) is 8.25. The molecule has 0 aromatic carbocycles. The van der Waals surface area contributed by atoms with Crippen LogP contribution in [0.15, 0.2) is 6.07 Å². The van der Waals surface area contributed by atoms with Gasteiger partial charge in [0, 0.05) is 43.0 Å². The lowest BCUT2D eigenvalue weighted by Crippen LogP contribution is -2.51. The molecule has 122 valence electrons. The van der Waals surface area contributed by atoms with E-state index in [4.69, 9.17) is 4.74 Å². The second-order valence-electron chi connectivity index (χ2n) is 6.83. The summed E-state index contributed by atoms with van der Waals surface area (Å²) in [5.74, 6) is 1.58. The highest BCUT2D eigenvalue weighted by molar-refractivity contribution is 5.34. The fourth-order valence-electron chi connectivity index (χ4n) is 3.72. The standard InChI is InChI=1S/C17H23N5O/c1-10-5-11(2)22(20-10)14-7-21(8-14)9-15-6-16-12(3)18-13(4)19-17(16)23-15/h5,14-15H,6-9H2,1-4H3/t15-/m1/s1. The number of aromatic nitrogens is 4. The van der Waals surface area contributed by atoms with E-state index in [1.54, 1.807) is 0 Å². The number of ether oxygens (including phenoxy) is 1. The molecule has 2 aromatic heterocycles. The Labute approximate surface area is 136 Å². The van der Waals surface area contributed by atoms with Gasteiger partial charge in [0.2, 0.25) is 5.88 Å². The first-order valence-electron chi connectivity index (χ1n) is 8.25. The molecule has 2 aliphatic heterocycles. The van der Waals surface area contributed by atoms with Crippen LogP contribution in [0.4, 0.5) is 0 Å². The van der Waals surface area contributed by atoms with Gasteiger partial charge in [-0.3, -0.25) is 9.58 Å². The summed E-state index contributed by atoms with van der Waals surface area (Å²) in [6.45, 7) is 11.2. The van der Waals surface area contributed by atoms with Crippen molar-refractivity contribution in [2.45, 2.75) is 46.3 Å². The first kappa shape index (κ1) is 14.6. The molecule has 0 spiro atoms. The van der Waals surface area contributed by atoms with Crippen molar-refractivity contribution in [1.82, 2.24) is 24.6 Å². The van der Waals surface area contributed by atoms with Crippen molar-refractivity contribution in [3.05, 3.63) is 34.5 Å². The predicted octanol–water partition coefficient (Wildman–Crippen LogP) is 1.77. The zero-order valence-electron chi connectivity index (χ0n) is 14.2. The molecule has 1 atom stereocenters. The lowest BCUT2D eigenvalue weighted by molar-refractivity contribution is 0.0553. The Morgan fingerprint density at radius 2 is 1.96 bits per heavy atom. The molecular weight excluding hydrogens is 290 g/mol. The Bertz CT molecular complexity index is 748. The number of nitrogens with zero attached hydrogens (tertiary/aromatic N) is 5. The highest BCUT2D eigenvalue weighted by atomic mass is 16.5. The maximum atomic E-state index is 6.03. The molecular formula is C17H23N5O. The summed E-state index contributed by atoms with van der Waals surface area (Å²) in [4.78, 5) is 11.3. The summed E-state index contributed by atoms with van der Waals surface area (Å²) in [6, 6.07) is 2.64. The lowest BCUT2D eigenvalue weighted by atomic mass is 10.1. The fourth-order valence-corrected chi connectivity index (χ4v) is 3.72. The van der Waals surface area contributed by atoms with Crippen LogP contribution in [0.3, 0.4) is 0 Å². The summed E-state index contributed by atoms with van der Waals surface area (Å²) < 4.78 is 8.19. The van der Waals surface area contributed by atoms with Gasteiger partial charge in [-0.1, -0.05) is 0 Å². The van der Waals surface area contributed by atoms with Crippen molar-refractivity contribution in [2.24, 2.45) is 0 Å². The zero-order chi connectivity index (χ0) is 16.1. The van der Waals surface area contributed by atoms with E-state index in [0.717, 1.165) is 49.1 Å². The molecule has 6 heteroatoms. The average molecular weight is 313 g/mol. The van der Waals surface area contributed by atoms with Crippen molar-refractivity contribution < 1.29 is 4.74 Å². The van der Waals surface area contributed by atoms with Gasteiger partial charge in [-0.15, -0.1) is 0 Å². The second-order valence-corrected chi connectivity index (χ2v) is 6.83. The maximum Gasteiger partial charge on any atom is 0.220 e. The Morgan fingerprint density at radius 3 is 2.65 bits per heavy atom. The molecule has 0 N–H and O–H groups in total. The van der Waals surface area contributed by atoms with Gasteiger partial charge >= 0.3 is 0 Å². The Morgan fingerprint density at radius 1 is 1.17 bits per heavy atom. The number of rotatable bonds is 3. The van der Waals surface area contributed by atoms with Gasteiger partial charge in [0.15, 0.2) is 0 Å². The molecule has 0 radical (unpaired) electrons. The van der Waals surface area contributed by atoms with Gasteiger partial charge in [-0.2, -0.15) is 10.1 Å². The van der Waals surface area contributed by atoms with Crippen LogP contribution in [0, 0.1) is 27.7 Å². The van der Waals surface area contributed by atoms with Crippen LogP contribution >= 0.6 is 0 Å². The molecule has 0 bridgehead atoms. The molecule has 6 nitrogen and oxygen atoms in total. The van der Waals surface area contributed by atoms with Gasteiger partial charge in [0.1, 0.15) is 11.9 Å². The number of hydrogen-bond donors (Lipinski definition) is 0. The summed E-state index contributed by atoms with van der Waals surface area (Å²) in [5.41, 5.74) is 4.58. The minimum atomic E-state index is 0.196. The third kappa shape index (κ3) is 2.61. The van der Waals surface area contributed by atoms with Crippen LogP contribution in [-0.4, -0.2) is 50.4 Å². The van der Waals surface area contributed by atoms with E-state index in [2.05, 4.69) is 44.6 Å². The maximum absolute atomic E-state index is 6.03. The van der Waals surface area contributed by atoms with Crippen molar-refractivity contribution in [3.8, 4) is 5.88 Å². The van der Waals surface area contributed by atoms with Crippen molar-refractivity contribution >= 4 is 0 Å². The van der Waals surface area contributed by atoms with E-state index < -0.39 is 0 Å². The molecule has 0 amide bonds. The molecule has 1 fully saturated rings. The summed E-state index contributed by atoms with van der Waals surface area (Å²) in [5, 5.41) is 4.59. The number of hydrogen-bond acceptors (Lipinski definition) is 5. The van der Waals surface area contributed by atoms with Crippen molar-refractivity contribution in [2.75, 3.05) is 19.6 Å². The van der Waals surface area contributed by atoms with Crippen LogP contribution in [-0.2, 0) is 6.42 Å². The van der Waals surface area contributed by atoms with Crippen LogP contribution in [0.2, 0.25) is 0 Å². The molecule has 23 heavy (non-hydrogen) atoms. The normalized spacial score (nSPS) is 21.1. The SMILES string of the molecule is Cc1cc(C)n(C2CN(C[C@H]3Cc4c(C)nc(C)nc4O3)C2)n1. The predicted molar refractivity (Wildman–Crippen MR) is 86.8 cm³/mol. The van der Waals surface area contributed by atoms with Crippen LogP contribution in [0.1, 0.15) is 34.5 Å². The van der Waals surface area contributed by atoms with Crippen LogP contribution < -0.4 is 4.74 Å². The highest BCUT2D eigenvalue weighted by Crippen LogP contribution is 2.31. The Hall–Kier alpha value is -1.95. The van der Waals surface area contributed by atoms with E-state index in [1.165, 1.54) is 11.3 Å². The van der Waals surface area contributed by atoms with Crippen molar-refractivity contribution in [1.29, 1.82) is 0 Å². The Kier molecular flexibility index (Phi) is 3.37. The zero-order valence-corrected chi connectivity index (χ0v) is 14.2. The average Bonchev–Trinajstić information content (AvgIpc) is 2.96. The minimum absolute atomic E-state index is 0.196. The molecule has 0 aliphatic carbocycles. The van der Waals surface area contributed by atoms with E-state index in [1.807, 2.05) is 13.8 Å². The summed E-state index contributed by atoms with van der Waals surface area (Å²) in [7, 11) is 0. The third-order valence-electron chi connectivity index (χ3n) is 4.79. The monoisotopic (exact) mass is 313 g/mol. The van der Waals surface area contributed by atoms with Gasteiger partial charge in [-0.25, -0.2) is 4.98 Å². The number of likely N-dealkylation sites (tertiary alicyclic amines) is 1.